The van der Waals surface area contributed by atoms with Crippen LogP contribution in [0.3, 0.4) is 0 Å². The minimum Gasteiger partial charge on any atom is -0.349 e. The van der Waals surface area contributed by atoms with Crippen LogP contribution in [0.2, 0.25) is 0 Å². The molecular weight excluding hydrogens is 346 g/mol. The topological polar surface area (TPSA) is 64.0 Å². The molecule has 0 radical (unpaired) electrons. The minimum atomic E-state index is -0.0942. The van der Waals surface area contributed by atoms with E-state index in [1.54, 1.807) is 13.1 Å². The van der Waals surface area contributed by atoms with E-state index in [1.807, 2.05) is 30.3 Å². The van der Waals surface area contributed by atoms with Crippen LogP contribution in [-0.2, 0) is 18.3 Å². The van der Waals surface area contributed by atoms with Crippen molar-refractivity contribution >= 4 is 28.6 Å². The zero-order chi connectivity index (χ0) is 18.1. The summed E-state index contributed by atoms with van der Waals surface area (Å²) in [5.74, 6) is 0.191. The Morgan fingerprint density at radius 1 is 1.23 bits per heavy atom. The Morgan fingerprint density at radius 2 is 2.00 bits per heavy atom. The van der Waals surface area contributed by atoms with Crippen molar-refractivity contribution in [2.45, 2.75) is 24.0 Å². The molecule has 1 atom stereocenters. The lowest BCUT2D eigenvalue weighted by molar-refractivity contribution is -0.119. The van der Waals surface area contributed by atoms with Crippen molar-refractivity contribution < 1.29 is 4.79 Å². The van der Waals surface area contributed by atoms with Crippen LogP contribution >= 0.6 is 11.8 Å². The molecule has 5 nitrogen and oxygen atoms in total. The van der Waals surface area contributed by atoms with Crippen LogP contribution in [0.25, 0.3) is 10.9 Å². The van der Waals surface area contributed by atoms with Gasteiger partial charge in [-0.3, -0.25) is 14.2 Å². The maximum atomic E-state index is 12.4. The lowest BCUT2D eigenvalue weighted by Crippen LogP contribution is -2.29. The molecule has 4 rings (SSSR count). The molecule has 6 heteroatoms. The number of benzene rings is 2. The molecule has 1 aromatic heterocycles. The highest BCUT2D eigenvalue weighted by molar-refractivity contribution is 7.99. The minimum absolute atomic E-state index is 0.0425. The lowest BCUT2D eigenvalue weighted by atomic mass is 10.1. The molecule has 1 heterocycles. The zero-order valence-corrected chi connectivity index (χ0v) is 15.3. The molecule has 0 aliphatic heterocycles. The van der Waals surface area contributed by atoms with Gasteiger partial charge in [-0.1, -0.05) is 48.2 Å². The Hall–Kier alpha value is -2.60. The molecule has 1 unspecified atom stereocenters. The molecule has 0 fully saturated rings. The van der Waals surface area contributed by atoms with Crippen LogP contribution in [0.5, 0.6) is 0 Å². The van der Waals surface area contributed by atoms with E-state index in [4.69, 9.17) is 0 Å². The smallest absolute Gasteiger partial charge is 0.261 e. The predicted octanol–water partition coefficient (Wildman–Crippen LogP) is 2.83. The van der Waals surface area contributed by atoms with Gasteiger partial charge in [0.2, 0.25) is 5.91 Å². The highest BCUT2D eigenvalue weighted by Gasteiger charge is 2.23. The Kier molecular flexibility index (Phi) is 4.51. The summed E-state index contributed by atoms with van der Waals surface area (Å²) >= 11 is 1.29. The van der Waals surface area contributed by atoms with Crippen molar-refractivity contribution in [3.8, 4) is 0 Å². The fraction of sp³-hybridized carbons (Fsp3) is 0.250. The fourth-order valence-corrected chi connectivity index (χ4v) is 4.18. The third-order valence-electron chi connectivity index (χ3n) is 4.74. The number of carbonyl (C=O) groups is 1. The average Bonchev–Trinajstić information content (AvgIpc) is 3.06. The lowest BCUT2D eigenvalue weighted by Gasteiger charge is -2.14. The summed E-state index contributed by atoms with van der Waals surface area (Å²) in [5.41, 5.74) is 3.08. The summed E-state index contributed by atoms with van der Waals surface area (Å²) in [5, 5.41) is 4.24. The number of rotatable bonds is 4. The quantitative estimate of drug-likeness (QED) is 0.570. The predicted molar refractivity (Wildman–Crippen MR) is 103 cm³/mol. The number of nitrogens with zero attached hydrogens (tertiary/aromatic N) is 2. The highest BCUT2D eigenvalue weighted by Crippen LogP contribution is 2.30. The van der Waals surface area contributed by atoms with Gasteiger partial charge in [0.05, 0.1) is 22.7 Å². The Bertz CT molecular complexity index is 1040. The number of thioether (sulfide) groups is 1. The number of aryl methyl sites for hydroxylation is 1. The molecule has 2 aromatic carbocycles. The SMILES string of the molecule is Cn1c(SCC(=O)NC2CCc3ccccc32)nc2ccccc2c1=O. The van der Waals surface area contributed by atoms with E-state index < -0.39 is 0 Å². The second-order valence-electron chi connectivity index (χ2n) is 6.42. The first-order valence-electron chi connectivity index (χ1n) is 8.59. The largest absolute Gasteiger partial charge is 0.349 e. The van der Waals surface area contributed by atoms with Gasteiger partial charge in [0.25, 0.3) is 5.56 Å². The van der Waals surface area contributed by atoms with E-state index in [2.05, 4.69) is 22.4 Å². The first kappa shape index (κ1) is 16.8. The van der Waals surface area contributed by atoms with Gasteiger partial charge in [-0.05, 0) is 36.1 Å². The fourth-order valence-electron chi connectivity index (χ4n) is 3.40. The van der Waals surface area contributed by atoms with E-state index in [9.17, 15) is 9.59 Å². The van der Waals surface area contributed by atoms with Gasteiger partial charge in [0.15, 0.2) is 5.16 Å². The molecule has 26 heavy (non-hydrogen) atoms. The maximum absolute atomic E-state index is 12.4. The van der Waals surface area contributed by atoms with Crippen LogP contribution in [0.1, 0.15) is 23.6 Å². The van der Waals surface area contributed by atoms with Crippen LogP contribution in [-0.4, -0.2) is 21.2 Å². The molecule has 0 spiro atoms. The summed E-state index contributed by atoms with van der Waals surface area (Å²) < 4.78 is 1.51. The number of amides is 1. The number of para-hydroxylation sites is 1. The second-order valence-corrected chi connectivity index (χ2v) is 7.36. The summed E-state index contributed by atoms with van der Waals surface area (Å²) in [6.07, 6.45) is 1.93. The molecular formula is C20H19N3O2S. The van der Waals surface area contributed by atoms with Gasteiger partial charge in [-0.15, -0.1) is 0 Å². The number of carbonyl (C=O) groups excluding carboxylic acids is 1. The molecule has 0 bridgehead atoms. The molecule has 132 valence electrons. The summed E-state index contributed by atoms with van der Waals surface area (Å²) in [7, 11) is 1.69. The van der Waals surface area contributed by atoms with Gasteiger partial charge in [0, 0.05) is 7.05 Å². The number of hydrogen-bond acceptors (Lipinski definition) is 4. The molecule has 1 N–H and O–H groups in total. The Balaban J connectivity index is 1.46. The number of aromatic nitrogens is 2. The van der Waals surface area contributed by atoms with Gasteiger partial charge >= 0.3 is 0 Å². The van der Waals surface area contributed by atoms with E-state index in [-0.39, 0.29) is 23.3 Å². The maximum Gasteiger partial charge on any atom is 0.261 e. The standard InChI is InChI=1S/C20H19N3O2S/c1-23-19(25)15-8-4-5-9-16(15)22-20(23)26-12-18(24)21-17-11-10-13-6-2-3-7-14(13)17/h2-9,17H,10-12H2,1H3,(H,21,24). The van der Waals surface area contributed by atoms with Gasteiger partial charge in [-0.2, -0.15) is 0 Å². The van der Waals surface area contributed by atoms with E-state index >= 15 is 0 Å². The van der Waals surface area contributed by atoms with Gasteiger partial charge in [0.1, 0.15) is 0 Å². The monoisotopic (exact) mass is 365 g/mol. The summed E-state index contributed by atoms with van der Waals surface area (Å²) in [6.45, 7) is 0. The van der Waals surface area contributed by atoms with Gasteiger partial charge < -0.3 is 5.32 Å². The van der Waals surface area contributed by atoms with Crippen molar-refractivity contribution in [2.24, 2.45) is 7.05 Å². The second kappa shape index (κ2) is 6.96. The van der Waals surface area contributed by atoms with Crippen molar-refractivity contribution in [2.75, 3.05) is 5.75 Å². The van der Waals surface area contributed by atoms with Crippen LogP contribution in [0, 0.1) is 0 Å². The van der Waals surface area contributed by atoms with E-state index in [0.29, 0.717) is 16.1 Å². The first-order chi connectivity index (χ1) is 12.6. The molecule has 3 aromatic rings. The van der Waals surface area contributed by atoms with E-state index in [0.717, 1.165) is 12.8 Å². The number of nitrogens with one attached hydrogen (secondary N) is 1. The molecule has 0 saturated heterocycles. The average molecular weight is 365 g/mol. The third kappa shape index (κ3) is 3.12. The van der Waals surface area contributed by atoms with Crippen LogP contribution in [0.15, 0.2) is 58.5 Å². The van der Waals surface area contributed by atoms with Crippen LogP contribution < -0.4 is 10.9 Å². The summed E-state index contributed by atoms with van der Waals surface area (Å²) in [4.78, 5) is 29.3. The Morgan fingerprint density at radius 3 is 2.88 bits per heavy atom. The van der Waals surface area contributed by atoms with Gasteiger partial charge in [-0.25, -0.2) is 4.98 Å². The number of fused-ring (bicyclic) bond motifs is 2. The molecule has 0 saturated carbocycles. The summed E-state index contributed by atoms with van der Waals surface area (Å²) in [6, 6.07) is 15.6. The van der Waals surface area contributed by atoms with Crippen LogP contribution in [0.4, 0.5) is 0 Å². The van der Waals surface area contributed by atoms with Crippen molar-refractivity contribution in [3.63, 3.8) is 0 Å². The first-order valence-corrected chi connectivity index (χ1v) is 9.58. The van der Waals surface area contributed by atoms with Crippen molar-refractivity contribution in [1.29, 1.82) is 0 Å². The zero-order valence-electron chi connectivity index (χ0n) is 14.4. The third-order valence-corrected chi connectivity index (χ3v) is 5.77. The normalized spacial score (nSPS) is 15.8. The molecule has 1 aliphatic carbocycles. The van der Waals surface area contributed by atoms with Crippen molar-refractivity contribution in [1.82, 2.24) is 14.9 Å². The van der Waals surface area contributed by atoms with Crippen molar-refractivity contribution in [3.05, 3.63) is 70.0 Å². The highest BCUT2D eigenvalue weighted by atomic mass is 32.2. The Labute approximate surface area is 155 Å². The molecule has 1 amide bonds. The van der Waals surface area contributed by atoms with E-state index in [1.165, 1.54) is 27.5 Å². The number of hydrogen-bond donors (Lipinski definition) is 1. The molecule has 1 aliphatic rings.